The summed E-state index contributed by atoms with van der Waals surface area (Å²) in [7, 11) is 0. The minimum Gasteiger partial charge on any atom is -0.485 e. The second-order valence-electron chi connectivity index (χ2n) is 3.94. The van der Waals surface area contributed by atoms with Crippen LogP contribution in [0.3, 0.4) is 0 Å². The number of carbonyl (C=O) groups is 1. The van der Waals surface area contributed by atoms with E-state index < -0.39 is 16.5 Å². The summed E-state index contributed by atoms with van der Waals surface area (Å²) in [6.45, 7) is -0.335. The first-order chi connectivity index (χ1) is 9.58. The molecule has 0 N–H and O–H groups in total. The van der Waals surface area contributed by atoms with Crippen LogP contribution in [-0.2, 0) is 0 Å². The average Bonchev–Trinajstić information content (AvgIpc) is 2.45. The van der Waals surface area contributed by atoms with Crippen LogP contribution in [-0.4, -0.2) is 17.3 Å². The van der Waals surface area contributed by atoms with Gasteiger partial charge in [-0.05, 0) is 24.3 Å². The highest BCUT2D eigenvalue weighted by atomic mass is 19.1. The molecule has 0 fully saturated rings. The summed E-state index contributed by atoms with van der Waals surface area (Å²) < 4.78 is 18.5. The van der Waals surface area contributed by atoms with E-state index >= 15 is 0 Å². The molecule has 0 bridgehead atoms. The predicted octanol–water partition coefficient (Wildman–Crippen LogP) is 3.00. The Morgan fingerprint density at radius 3 is 2.40 bits per heavy atom. The second-order valence-corrected chi connectivity index (χ2v) is 3.94. The minimum absolute atomic E-state index is 0.0468. The number of nitro benzene ring substituents is 1. The molecule has 0 saturated heterocycles. The largest absolute Gasteiger partial charge is 0.485 e. The van der Waals surface area contributed by atoms with E-state index in [9.17, 15) is 19.3 Å². The van der Waals surface area contributed by atoms with Gasteiger partial charge in [-0.3, -0.25) is 14.9 Å². The number of hydrogen-bond donors (Lipinski definition) is 0. The maximum atomic E-state index is 13.4. The van der Waals surface area contributed by atoms with Crippen LogP contribution in [0.15, 0.2) is 48.5 Å². The number of Topliss-reactive ketones (excluding diaryl/α,β-unsaturated/α-hetero) is 1. The smallest absolute Gasteiger partial charge is 0.269 e. The molecule has 0 aliphatic heterocycles. The quantitative estimate of drug-likeness (QED) is 0.478. The average molecular weight is 275 g/mol. The Kier molecular flexibility index (Phi) is 4.05. The molecule has 2 rings (SSSR count). The summed E-state index contributed by atoms with van der Waals surface area (Å²) in [6, 6.07) is 10.9. The Labute approximate surface area is 113 Å². The molecule has 0 amide bonds. The van der Waals surface area contributed by atoms with Gasteiger partial charge in [0.05, 0.1) is 10.5 Å². The van der Waals surface area contributed by atoms with Gasteiger partial charge in [0.25, 0.3) is 5.69 Å². The van der Waals surface area contributed by atoms with Crippen molar-refractivity contribution < 1.29 is 18.8 Å². The van der Waals surface area contributed by atoms with Crippen molar-refractivity contribution >= 4 is 11.5 Å². The van der Waals surface area contributed by atoms with Gasteiger partial charge < -0.3 is 4.74 Å². The lowest BCUT2D eigenvalue weighted by molar-refractivity contribution is -0.384. The van der Waals surface area contributed by atoms with Crippen LogP contribution in [0.25, 0.3) is 0 Å². The van der Waals surface area contributed by atoms with Crippen LogP contribution < -0.4 is 4.74 Å². The zero-order valence-corrected chi connectivity index (χ0v) is 10.3. The molecule has 6 heteroatoms. The molecule has 0 heterocycles. The Hall–Kier alpha value is -2.76. The third kappa shape index (κ3) is 3.17. The first-order valence-electron chi connectivity index (χ1n) is 5.73. The predicted molar refractivity (Wildman–Crippen MR) is 69.3 cm³/mol. The first kappa shape index (κ1) is 13.7. The Balaban J connectivity index is 2.00. The van der Waals surface area contributed by atoms with Crippen molar-refractivity contribution in [3.8, 4) is 5.75 Å². The molecule has 0 aliphatic carbocycles. The van der Waals surface area contributed by atoms with E-state index in [1.807, 2.05) is 0 Å². The fourth-order valence-electron chi connectivity index (χ4n) is 1.58. The first-order valence-corrected chi connectivity index (χ1v) is 5.73. The number of benzene rings is 2. The number of nitro groups is 1. The van der Waals surface area contributed by atoms with Crippen LogP contribution in [0.4, 0.5) is 10.1 Å². The fraction of sp³-hybridized carbons (Fsp3) is 0.0714. The monoisotopic (exact) mass is 275 g/mol. The van der Waals surface area contributed by atoms with Crippen LogP contribution in [0.2, 0.25) is 0 Å². The molecule has 5 nitrogen and oxygen atoms in total. The summed E-state index contributed by atoms with van der Waals surface area (Å²) >= 11 is 0. The van der Waals surface area contributed by atoms with E-state index in [1.54, 1.807) is 6.07 Å². The van der Waals surface area contributed by atoms with Gasteiger partial charge in [-0.1, -0.05) is 12.1 Å². The van der Waals surface area contributed by atoms with E-state index in [0.717, 1.165) is 0 Å². The van der Waals surface area contributed by atoms with Crippen molar-refractivity contribution in [2.45, 2.75) is 0 Å². The van der Waals surface area contributed by atoms with Gasteiger partial charge in [0, 0.05) is 12.1 Å². The molecule has 20 heavy (non-hydrogen) atoms. The van der Waals surface area contributed by atoms with Crippen molar-refractivity contribution in [3.05, 3.63) is 70.0 Å². The van der Waals surface area contributed by atoms with Gasteiger partial charge in [0.15, 0.2) is 6.61 Å². The summed E-state index contributed by atoms with van der Waals surface area (Å²) in [4.78, 5) is 21.7. The summed E-state index contributed by atoms with van der Waals surface area (Å²) in [5, 5.41) is 10.5. The van der Waals surface area contributed by atoms with Crippen molar-refractivity contribution in [2.24, 2.45) is 0 Å². The van der Waals surface area contributed by atoms with Gasteiger partial charge in [-0.2, -0.15) is 0 Å². The second kappa shape index (κ2) is 5.92. The van der Waals surface area contributed by atoms with Crippen LogP contribution in [0, 0.1) is 15.9 Å². The number of non-ortho nitro benzene ring substituents is 1. The van der Waals surface area contributed by atoms with Crippen molar-refractivity contribution in [2.75, 3.05) is 6.61 Å². The third-order valence-electron chi connectivity index (χ3n) is 2.59. The lowest BCUT2D eigenvalue weighted by Crippen LogP contribution is -2.13. The minimum atomic E-state index is -0.607. The Bertz CT molecular complexity index is 640. The molecule has 102 valence electrons. The van der Waals surface area contributed by atoms with Gasteiger partial charge in [-0.25, -0.2) is 4.39 Å². The Morgan fingerprint density at radius 1 is 1.15 bits per heavy atom. The normalized spacial score (nSPS) is 10.1. The molecular formula is C14H10FNO4. The lowest BCUT2D eigenvalue weighted by atomic mass is 10.1. The van der Waals surface area contributed by atoms with Crippen LogP contribution in [0.5, 0.6) is 5.75 Å². The number of ether oxygens (including phenoxy) is 1. The van der Waals surface area contributed by atoms with E-state index in [2.05, 4.69) is 0 Å². The molecule has 0 saturated carbocycles. The fourth-order valence-corrected chi connectivity index (χ4v) is 1.58. The Morgan fingerprint density at radius 2 is 1.80 bits per heavy atom. The highest BCUT2D eigenvalue weighted by Gasteiger charge is 2.12. The highest BCUT2D eigenvalue weighted by molar-refractivity contribution is 5.97. The molecule has 0 atom stereocenters. The van der Waals surface area contributed by atoms with Gasteiger partial charge in [0.1, 0.15) is 11.6 Å². The lowest BCUT2D eigenvalue weighted by Gasteiger charge is -2.05. The number of ketones is 1. The maximum Gasteiger partial charge on any atom is 0.269 e. The third-order valence-corrected chi connectivity index (χ3v) is 2.59. The SMILES string of the molecule is O=C(COc1ccc([N+](=O)[O-])cc1)c1ccccc1F. The molecule has 0 unspecified atom stereocenters. The number of carbonyl (C=O) groups excluding carboxylic acids is 1. The molecule has 0 spiro atoms. The number of nitrogens with zero attached hydrogens (tertiary/aromatic N) is 1. The molecular weight excluding hydrogens is 265 g/mol. The highest BCUT2D eigenvalue weighted by Crippen LogP contribution is 2.17. The van der Waals surface area contributed by atoms with Crippen molar-refractivity contribution in [3.63, 3.8) is 0 Å². The van der Waals surface area contributed by atoms with Crippen LogP contribution in [0.1, 0.15) is 10.4 Å². The molecule has 0 aliphatic rings. The zero-order chi connectivity index (χ0) is 14.5. The van der Waals surface area contributed by atoms with Gasteiger partial charge >= 0.3 is 0 Å². The van der Waals surface area contributed by atoms with Crippen molar-refractivity contribution in [1.82, 2.24) is 0 Å². The summed E-state index contributed by atoms with van der Waals surface area (Å²) in [5.41, 5.74) is -0.118. The van der Waals surface area contributed by atoms with Crippen molar-refractivity contribution in [1.29, 1.82) is 0 Å². The number of rotatable bonds is 5. The number of halogens is 1. The van der Waals surface area contributed by atoms with E-state index in [-0.39, 0.29) is 17.9 Å². The van der Waals surface area contributed by atoms with Crippen LogP contribution >= 0.6 is 0 Å². The molecule has 0 radical (unpaired) electrons. The van der Waals surface area contributed by atoms with E-state index in [0.29, 0.717) is 5.75 Å². The van der Waals surface area contributed by atoms with E-state index in [4.69, 9.17) is 4.74 Å². The summed E-state index contributed by atoms with van der Waals surface area (Å²) in [5.74, 6) is -0.799. The number of hydrogen-bond acceptors (Lipinski definition) is 4. The maximum absolute atomic E-state index is 13.4. The molecule has 2 aromatic carbocycles. The van der Waals surface area contributed by atoms with Gasteiger partial charge in [-0.15, -0.1) is 0 Å². The standard InChI is InChI=1S/C14H10FNO4/c15-13-4-2-1-3-12(13)14(17)9-20-11-7-5-10(6-8-11)16(18)19/h1-8H,9H2. The topological polar surface area (TPSA) is 69.4 Å². The van der Waals surface area contributed by atoms with Gasteiger partial charge in [0.2, 0.25) is 5.78 Å². The molecule has 0 aromatic heterocycles. The van der Waals surface area contributed by atoms with E-state index in [1.165, 1.54) is 42.5 Å². The summed E-state index contributed by atoms with van der Waals surface area (Å²) in [6.07, 6.45) is 0. The zero-order valence-electron chi connectivity index (χ0n) is 10.3. The molecule has 2 aromatic rings.